The van der Waals surface area contributed by atoms with E-state index in [9.17, 15) is 0 Å². The van der Waals surface area contributed by atoms with Gasteiger partial charge in [-0.05, 0) is 31.0 Å². The largest absolute Gasteiger partial charge is 0.467 e. The predicted octanol–water partition coefficient (Wildman–Crippen LogP) is 5.32. The van der Waals surface area contributed by atoms with Gasteiger partial charge in [-0.25, -0.2) is 0 Å². The molecule has 0 radical (unpaired) electrons. The van der Waals surface area contributed by atoms with Gasteiger partial charge in [-0.15, -0.1) is 0 Å². The summed E-state index contributed by atoms with van der Waals surface area (Å²) in [7, 11) is 0. The van der Waals surface area contributed by atoms with Crippen LogP contribution in [-0.2, 0) is 0 Å². The molecule has 21 heavy (non-hydrogen) atoms. The van der Waals surface area contributed by atoms with Gasteiger partial charge in [0.15, 0.2) is 0 Å². The third-order valence-corrected chi connectivity index (χ3v) is 3.90. The molecule has 114 valence electrons. The molecule has 0 spiro atoms. The molecule has 0 aliphatic carbocycles. The molecule has 2 heteroatoms. The first-order valence-electron chi connectivity index (χ1n) is 8.15. The van der Waals surface area contributed by atoms with E-state index in [1.165, 1.54) is 37.7 Å². The lowest BCUT2D eigenvalue weighted by Gasteiger charge is -2.22. The Balaban J connectivity index is 1.97. The molecule has 0 saturated heterocycles. The molecule has 1 heterocycles. The van der Waals surface area contributed by atoms with Gasteiger partial charge in [0.05, 0.1) is 12.3 Å². The van der Waals surface area contributed by atoms with Crippen LogP contribution in [0.4, 0.5) is 0 Å². The zero-order chi connectivity index (χ0) is 14.9. The van der Waals surface area contributed by atoms with Gasteiger partial charge < -0.3 is 9.73 Å². The molecule has 0 bridgehead atoms. The fraction of sp³-hybridized carbons (Fsp3) is 0.474. The molecule has 1 aromatic heterocycles. The van der Waals surface area contributed by atoms with Gasteiger partial charge in [0, 0.05) is 6.04 Å². The summed E-state index contributed by atoms with van der Waals surface area (Å²) in [5.74, 6) is 0.988. The highest BCUT2D eigenvalue weighted by Crippen LogP contribution is 2.23. The van der Waals surface area contributed by atoms with Gasteiger partial charge in [0.2, 0.25) is 0 Å². The van der Waals surface area contributed by atoms with E-state index in [0.29, 0.717) is 6.04 Å². The van der Waals surface area contributed by atoms with Gasteiger partial charge in [0.1, 0.15) is 5.76 Å². The van der Waals surface area contributed by atoms with Crippen molar-refractivity contribution in [2.24, 2.45) is 0 Å². The number of furan rings is 1. The second kappa shape index (κ2) is 8.68. The summed E-state index contributed by atoms with van der Waals surface area (Å²) in [5.41, 5.74) is 1.26. The molecule has 0 amide bonds. The number of hydrogen-bond acceptors (Lipinski definition) is 2. The zero-order valence-electron chi connectivity index (χ0n) is 13.2. The molecule has 2 rings (SSSR count). The van der Waals surface area contributed by atoms with Crippen molar-refractivity contribution in [1.82, 2.24) is 5.32 Å². The SMILES string of the molecule is CCCCCCC(C)NC(c1ccccc1)c1ccco1. The monoisotopic (exact) mass is 285 g/mol. The molecule has 2 nitrogen and oxygen atoms in total. The Morgan fingerprint density at radius 3 is 2.48 bits per heavy atom. The van der Waals surface area contributed by atoms with E-state index in [-0.39, 0.29) is 6.04 Å². The summed E-state index contributed by atoms with van der Waals surface area (Å²) in [6, 6.07) is 15.2. The lowest BCUT2D eigenvalue weighted by Crippen LogP contribution is -2.31. The fourth-order valence-electron chi connectivity index (χ4n) is 2.69. The topological polar surface area (TPSA) is 25.2 Å². The maximum atomic E-state index is 5.63. The number of rotatable bonds is 9. The van der Waals surface area contributed by atoms with Gasteiger partial charge in [0.25, 0.3) is 0 Å². The highest BCUT2D eigenvalue weighted by Gasteiger charge is 2.18. The Kier molecular flexibility index (Phi) is 6.55. The second-order valence-corrected chi connectivity index (χ2v) is 5.78. The van der Waals surface area contributed by atoms with Gasteiger partial charge in [-0.2, -0.15) is 0 Å². The zero-order valence-corrected chi connectivity index (χ0v) is 13.2. The predicted molar refractivity (Wildman–Crippen MR) is 88.3 cm³/mol. The summed E-state index contributed by atoms with van der Waals surface area (Å²) in [5, 5.41) is 3.72. The highest BCUT2D eigenvalue weighted by atomic mass is 16.3. The summed E-state index contributed by atoms with van der Waals surface area (Å²) in [4.78, 5) is 0. The molecule has 2 aromatic rings. The third kappa shape index (κ3) is 5.05. The Bertz CT molecular complexity index is 478. The second-order valence-electron chi connectivity index (χ2n) is 5.78. The minimum atomic E-state index is 0.141. The first-order chi connectivity index (χ1) is 10.3. The molecule has 0 fully saturated rings. The van der Waals surface area contributed by atoms with Crippen molar-refractivity contribution in [1.29, 1.82) is 0 Å². The van der Waals surface area contributed by atoms with Crippen molar-refractivity contribution >= 4 is 0 Å². The van der Waals surface area contributed by atoms with Crippen LogP contribution in [0.1, 0.15) is 63.3 Å². The average molecular weight is 285 g/mol. The number of nitrogens with one attached hydrogen (secondary N) is 1. The van der Waals surface area contributed by atoms with Crippen molar-refractivity contribution in [2.45, 2.75) is 58.0 Å². The molecular formula is C19H27NO. The van der Waals surface area contributed by atoms with Crippen molar-refractivity contribution in [3.8, 4) is 0 Å². The van der Waals surface area contributed by atoms with E-state index in [2.05, 4.69) is 55.6 Å². The normalized spacial score (nSPS) is 14.0. The van der Waals surface area contributed by atoms with E-state index < -0.39 is 0 Å². The average Bonchev–Trinajstić information content (AvgIpc) is 3.04. The van der Waals surface area contributed by atoms with Crippen LogP contribution in [-0.4, -0.2) is 6.04 Å². The first-order valence-corrected chi connectivity index (χ1v) is 8.15. The van der Waals surface area contributed by atoms with Crippen LogP contribution >= 0.6 is 0 Å². The van der Waals surface area contributed by atoms with E-state index in [4.69, 9.17) is 4.42 Å². The molecule has 1 aromatic carbocycles. The number of unbranched alkanes of at least 4 members (excludes halogenated alkanes) is 3. The lowest BCUT2D eigenvalue weighted by molar-refractivity contribution is 0.396. The maximum Gasteiger partial charge on any atom is 0.125 e. The van der Waals surface area contributed by atoms with Crippen molar-refractivity contribution < 1.29 is 4.42 Å². The van der Waals surface area contributed by atoms with Crippen LogP contribution in [0.3, 0.4) is 0 Å². The van der Waals surface area contributed by atoms with Gasteiger partial charge in [-0.3, -0.25) is 0 Å². The van der Waals surface area contributed by atoms with Crippen LogP contribution in [0, 0.1) is 0 Å². The minimum Gasteiger partial charge on any atom is -0.467 e. The molecule has 1 N–H and O–H groups in total. The maximum absolute atomic E-state index is 5.63. The summed E-state index contributed by atoms with van der Waals surface area (Å²) in [6.45, 7) is 4.52. The van der Waals surface area contributed by atoms with E-state index in [0.717, 1.165) is 5.76 Å². The van der Waals surface area contributed by atoms with E-state index >= 15 is 0 Å². The lowest BCUT2D eigenvalue weighted by atomic mass is 10.0. The van der Waals surface area contributed by atoms with Crippen LogP contribution in [0.15, 0.2) is 53.1 Å². The fourth-order valence-corrected chi connectivity index (χ4v) is 2.69. The van der Waals surface area contributed by atoms with Crippen LogP contribution in [0.25, 0.3) is 0 Å². The molecule has 0 saturated carbocycles. The molecule has 2 atom stereocenters. The Morgan fingerprint density at radius 1 is 1.00 bits per heavy atom. The third-order valence-electron chi connectivity index (χ3n) is 3.90. The van der Waals surface area contributed by atoms with Crippen molar-refractivity contribution in [3.63, 3.8) is 0 Å². The van der Waals surface area contributed by atoms with Gasteiger partial charge in [-0.1, -0.05) is 62.9 Å². The Labute approximate surface area is 128 Å². The van der Waals surface area contributed by atoms with Crippen LogP contribution in [0.5, 0.6) is 0 Å². The standard InChI is InChI=1S/C19H27NO/c1-3-4-5-7-11-16(2)20-19(18-14-10-15-21-18)17-12-8-6-9-13-17/h6,8-10,12-16,19-20H,3-5,7,11H2,1-2H3. The number of hydrogen-bond donors (Lipinski definition) is 1. The molecule has 0 aliphatic heterocycles. The van der Waals surface area contributed by atoms with Gasteiger partial charge >= 0.3 is 0 Å². The van der Waals surface area contributed by atoms with Crippen LogP contribution in [0.2, 0.25) is 0 Å². The first kappa shape index (κ1) is 15.8. The highest BCUT2D eigenvalue weighted by molar-refractivity contribution is 5.26. The number of benzene rings is 1. The molecule has 0 aliphatic rings. The van der Waals surface area contributed by atoms with Crippen molar-refractivity contribution in [3.05, 3.63) is 60.1 Å². The van der Waals surface area contributed by atoms with Crippen molar-refractivity contribution in [2.75, 3.05) is 0 Å². The molecule has 2 unspecified atom stereocenters. The molecular weight excluding hydrogens is 258 g/mol. The summed E-state index contributed by atoms with van der Waals surface area (Å²) < 4.78 is 5.63. The summed E-state index contributed by atoms with van der Waals surface area (Å²) in [6.07, 6.45) is 8.22. The smallest absolute Gasteiger partial charge is 0.125 e. The Morgan fingerprint density at radius 2 is 1.81 bits per heavy atom. The van der Waals surface area contributed by atoms with E-state index in [1.54, 1.807) is 6.26 Å². The minimum absolute atomic E-state index is 0.141. The Hall–Kier alpha value is -1.54. The quantitative estimate of drug-likeness (QED) is 0.631. The summed E-state index contributed by atoms with van der Waals surface area (Å²) >= 11 is 0. The van der Waals surface area contributed by atoms with Crippen LogP contribution < -0.4 is 5.32 Å². The van der Waals surface area contributed by atoms with E-state index in [1.807, 2.05) is 6.07 Å².